The molecule has 0 amide bonds. The third-order valence-electron chi connectivity index (χ3n) is 0. The van der Waals surface area contributed by atoms with E-state index in [0.717, 1.165) is 0 Å². The summed E-state index contributed by atoms with van der Waals surface area (Å²) in [6.45, 7) is 0. The molecule has 0 aliphatic heterocycles. The van der Waals surface area contributed by atoms with Gasteiger partial charge >= 0.3 is 7.54 Å². The number of halogens is 3. The molecule has 8 heavy (non-hydrogen) atoms. The van der Waals surface area contributed by atoms with E-state index in [0.29, 0.717) is 0 Å². The lowest BCUT2D eigenvalue weighted by molar-refractivity contribution is -0.415. The van der Waals surface area contributed by atoms with Gasteiger partial charge in [-0.05, 0) is 6.16 Å². The quantitative estimate of drug-likeness (QED) is 0.370. The van der Waals surface area contributed by atoms with Crippen molar-refractivity contribution < 1.29 is 28.0 Å². The molecule has 0 atom stereocenters. The van der Waals surface area contributed by atoms with Gasteiger partial charge < -0.3 is 15.0 Å². The first-order chi connectivity index (χ1) is 3.46. The Balaban J connectivity index is 0. The highest BCUT2D eigenvalue weighted by atomic mass is 19.4. The minimum atomic E-state index is -3.67. The normalized spacial score (nSPS) is 6.38. The highest BCUT2D eigenvalue weighted by molar-refractivity contribution is 6.33. The Labute approximate surface area is 43.0 Å². The summed E-state index contributed by atoms with van der Waals surface area (Å²) in [5.41, 5.74) is 0. The molecule has 0 aromatic carbocycles. The molecular formula is CBF3O3-2. The lowest BCUT2D eigenvalue weighted by Gasteiger charge is -1.96. The van der Waals surface area contributed by atoms with E-state index in [1.807, 2.05) is 0 Å². The van der Waals surface area contributed by atoms with Gasteiger partial charge in [0.15, 0.2) is 0 Å². The van der Waals surface area contributed by atoms with Crippen LogP contribution in [0.4, 0.5) is 17.7 Å². The van der Waals surface area contributed by atoms with Crippen molar-refractivity contribution in [2.45, 2.75) is 0 Å². The fourth-order valence-electron chi connectivity index (χ4n) is 0. The predicted octanol–water partition coefficient (Wildman–Crippen LogP) is -1.57. The molecule has 0 spiro atoms. The Morgan fingerprint density at radius 2 is 1.25 bits per heavy atom. The van der Waals surface area contributed by atoms with Crippen molar-refractivity contribution in [3.63, 3.8) is 0 Å². The second kappa shape index (κ2) is 6.12. The van der Waals surface area contributed by atoms with Crippen molar-refractivity contribution in [2.75, 3.05) is 0 Å². The molecule has 0 aromatic heterocycles. The highest BCUT2D eigenvalue weighted by Crippen LogP contribution is 1.80. The summed E-state index contributed by atoms with van der Waals surface area (Å²) in [5.74, 6) is 0. The summed E-state index contributed by atoms with van der Waals surface area (Å²) < 4.78 is 29.0. The maximum atomic E-state index is 9.67. The molecule has 0 rings (SSSR count). The van der Waals surface area contributed by atoms with E-state index < -0.39 is 13.7 Å². The van der Waals surface area contributed by atoms with Crippen molar-refractivity contribution in [3.05, 3.63) is 0 Å². The zero-order chi connectivity index (χ0) is 7.15. The van der Waals surface area contributed by atoms with Crippen LogP contribution in [0.25, 0.3) is 0 Å². The van der Waals surface area contributed by atoms with Gasteiger partial charge in [0.25, 0.3) is 0 Å². The van der Waals surface area contributed by atoms with Gasteiger partial charge in [-0.25, -0.2) is 0 Å². The van der Waals surface area contributed by atoms with Crippen LogP contribution in [0.1, 0.15) is 0 Å². The van der Waals surface area contributed by atoms with E-state index in [1.165, 1.54) is 0 Å². The molecule has 0 aliphatic rings. The van der Waals surface area contributed by atoms with Crippen LogP contribution in [-0.2, 0) is 0 Å². The summed E-state index contributed by atoms with van der Waals surface area (Å²) in [7, 11) is -3.67. The fraction of sp³-hybridized carbons (Fsp3) is 0. The highest BCUT2D eigenvalue weighted by Gasteiger charge is 2.06. The van der Waals surface area contributed by atoms with E-state index in [9.17, 15) is 12.9 Å². The Hall–Kier alpha value is -0.875. The molecule has 0 bridgehead atoms. The van der Waals surface area contributed by atoms with E-state index >= 15 is 0 Å². The summed E-state index contributed by atoms with van der Waals surface area (Å²) in [4.78, 5) is 8.33. The zero-order valence-electron chi connectivity index (χ0n) is 3.44. The molecule has 0 aliphatic carbocycles. The monoisotopic (exact) mass is 128 g/mol. The topological polar surface area (TPSA) is 63.2 Å². The van der Waals surface area contributed by atoms with Gasteiger partial charge in [-0.1, -0.05) is 0 Å². The molecule has 0 radical (unpaired) electrons. The maximum Gasteiger partial charge on any atom is 0.762 e. The third-order valence-corrected chi connectivity index (χ3v) is 0. The Bertz CT molecular complexity index is 58.8. The van der Waals surface area contributed by atoms with Crippen molar-refractivity contribution in [2.24, 2.45) is 0 Å². The Morgan fingerprint density at radius 1 is 1.25 bits per heavy atom. The SMILES string of the molecule is FB(F)F.O=C([O-])[O-]. The third kappa shape index (κ3) is 114. The first kappa shape index (κ1) is 10.2. The van der Waals surface area contributed by atoms with Crippen LogP contribution in [0.2, 0.25) is 0 Å². The second-order valence-electron chi connectivity index (χ2n) is 0.497. The number of carbonyl (C=O) groups excluding carboxylic acids is 1. The van der Waals surface area contributed by atoms with Crippen molar-refractivity contribution in [1.29, 1.82) is 0 Å². The molecule has 0 saturated carbocycles. The number of carboxylic acid groups (broad SMARTS) is 2. The molecule has 0 unspecified atom stereocenters. The van der Waals surface area contributed by atoms with E-state index in [1.54, 1.807) is 0 Å². The zero-order valence-corrected chi connectivity index (χ0v) is 3.44. The first-order valence-corrected chi connectivity index (χ1v) is 1.27. The largest absolute Gasteiger partial charge is 0.762 e. The number of carbonyl (C=O) groups is 1. The maximum absolute atomic E-state index is 9.67. The number of hydrogen-bond acceptors (Lipinski definition) is 3. The van der Waals surface area contributed by atoms with Crippen LogP contribution in [-0.4, -0.2) is 13.7 Å². The van der Waals surface area contributed by atoms with Crippen LogP contribution < -0.4 is 10.2 Å². The van der Waals surface area contributed by atoms with E-state index in [-0.39, 0.29) is 0 Å². The summed E-state index contributed by atoms with van der Waals surface area (Å²) in [6.07, 6.45) is -2.33. The van der Waals surface area contributed by atoms with E-state index in [4.69, 9.17) is 15.0 Å². The van der Waals surface area contributed by atoms with Crippen molar-refractivity contribution in [3.8, 4) is 0 Å². The minimum absolute atomic E-state index is 2.33. The summed E-state index contributed by atoms with van der Waals surface area (Å²) >= 11 is 0. The molecule has 3 nitrogen and oxygen atoms in total. The molecule has 0 saturated heterocycles. The van der Waals surface area contributed by atoms with Crippen molar-refractivity contribution >= 4 is 13.7 Å². The lowest BCUT2D eigenvalue weighted by atomic mass is 10.5. The molecule has 0 fully saturated rings. The van der Waals surface area contributed by atoms with Gasteiger partial charge in [0, 0.05) is 0 Å². The number of rotatable bonds is 0. The van der Waals surface area contributed by atoms with Crippen LogP contribution in [0.3, 0.4) is 0 Å². The van der Waals surface area contributed by atoms with E-state index in [2.05, 4.69) is 0 Å². The van der Waals surface area contributed by atoms with Crippen LogP contribution >= 0.6 is 0 Å². The molecule has 7 heteroatoms. The van der Waals surface area contributed by atoms with Gasteiger partial charge in [0.05, 0.1) is 0 Å². The first-order valence-electron chi connectivity index (χ1n) is 1.27. The summed E-state index contributed by atoms with van der Waals surface area (Å²) in [6, 6.07) is 0. The van der Waals surface area contributed by atoms with Gasteiger partial charge in [-0.2, -0.15) is 0 Å². The Morgan fingerprint density at radius 3 is 1.25 bits per heavy atom. The van der Waals surface area contributed by atoms with Gasteiger partial charge in [-0.3, -0.25) is 12.9 Å². The molecule has 0 N–H and O–H groups in total. The van der Waals surface area contributed by atoms with Gasteiger partial charge in [-0.15, -0.1) is 0 Å². The molecule has 0 aromatic rings. The predicted molar refractivity (Wildman–Crippen MR) is 14.5 cm³/mol. The van der Waals surface area contributed by atoms with Crippen LogP contribution in [0.15, 0.2) is 0 Å². The minimum Gasteiger partial charge on any atom is -0.652 e. The summed E-state index contributed by atoms with van der Waals surface area (Å²) in [5, 5.41) is 16.7. The standard InChI is InChI=1S/CH2O3.BF3/c2*2-1(3)4/h(H2,2,3,4);/p-2. The van der Waals surface area contributed by atoms with Gasteiger partial charge in [0.2, 0.25) is 0 Å². The Kier molecular flexibility index (Phi) is 7.79. The lowest BCUT2D eigenvalue weighted by Crippen LogP contribution is -2.37. The van der Waals surface area contributed by atoms with Gasteiger partial charge in [0.1, 0.15) is 0 Å². The second-order valence-corrected chi connectivity index (χ2v) is 0.497. The molecule has 48 valence electrons. The smallest absolute Gasteiger partial charge is 0.652 e. The van der Waals surface area contributed by atoms with Crippen LogP contribution in [0.5, 0.6) is 0 Å². The molecular weight excluding hydrogens is 128 g/mol. The average Bonchev–Trinajstić information content (AvgIpc) is 1.25. The average molecular weight is 128 g/mol. The molecule has 0 heterocycles. The fourth-order valence-corrected chi connectivity index (χ4v) is 0. The van der Waals surface area contributed by atoms with Crippen LogP contribution in [0, 0.1) is 0 Å². The number of hydrogen-bond donors (Lipinski definition) is 0. The van der Waals surface area contributed by atoms with Crippen molar-refractivity contribution in [1.82, 2.24) is 0 Å².